The normalized spacial score (nSPS) is 11.1. The molecule has 0 aliphatic carbocycles. The van der Waals surface area contributed by atoms with Gasteiger partial charge < -0.3 is 5.32 Å². The van der Waals surface area contributed by atoms with E-state index >= 15 is 0 Å². The third-order valence-electron chi connectivity index (χ3n) is 1.37. The lowest BCUT2D eigenvalue weighted by atomic mass is 10.2. The zero-order valence-electron chi connectivity index (χ0n) is 6.60. The Morgan fingerprint density at radius 1 is 1.50 bits per heavy atom. The van der Waals surface area contributed by atoms with E-state index in [1.54, 1.807) is 0 Å². The second-order valence-corrected chi connectivity index (χ2v) is 2.72. The van der Waals surface area contributed by atoms with Crippen LogP contribution < -0.4 is 5.32 Å². The molecule has 1 amide bonds. The SMILES string of the molecule is O=CNc1cc(C(F)(F)F)c(Cl)cn1. The summed E-state index contributed by atoms with van der Waals surface area (Å²) < 4.78 is 36.7. The van der Waals surface area contributed by atoms with Gasteiger partial charge in [-0.15, -0.1) is 0 Å². The molecule has 1 aromatic heterocycles. The smallest absolute Gasteiger partial charge is 0.313 e. The molecule has 1 heterocycles. The van der Waals surface area contributed by atoms with Crippen molar-refractivity contribution in [1.82, 2.24) is 4.98 Å². The average molecular weight is 225 g/mol. The lowest BCUT2D eigenvalue weighted by Gasteiger charge is -2.09. The van der Waals surface area contributed by atoms with Gasteiger partial charge in [-0.05, 0) is 6.07 Å². The minimum atomic E-state index is -4.56. The van der Waals surface area contributed by atoms with E-state index in [1.807, 2.05) is 5.32 Å². The van der Waals surface area contributed by atoms with Gasteiger partial charge in [0, 0.05) is 6.20 Å². The second kappa shape index (κ2) is 3.83. The van der Waals surface area contributed by atoms with Gasteiger partial charge in [0.25, 0.3) is 0 Å². The van der Waals surface area contributed by atoms with Crippen LogP contribution in [0.1, 0.15) is 5.56 Å². The summed E-state index contributed by atoms with van der Waals surface area (Å²) in [5, 5.41) is 1.49. The van der Waals surface area contributed by atoms with Crippen LogP contribution in [0.15, 0.2) is 12.3 Å². The van der Waals surface area contributed by atoms with Crippen LogP contribution in [-0.4, -0.2) is 11.4 Å². The highest BCUT2D eigenvalue weighted by molar-refractivity contribution is 6.31. The van der Waals surface area contributed by atoms with Gasteiger partial charge in [-0.3, -0.25) is 4.79 Å². The molecule has 1 rings (SSSR count). The van der Waals surface area contributed by atoms with Crippen molar-refractivity contribution in [2.24, 2.45) is 0 Å². The molecule has 0 aliphatic rings. The van der Waals surface area contributed by atoms with E-state index in [4.69, 9.17) is 11.6 Å². The highest BCUT2D eigenvalue weighted by Gasteiger charge is 2.33. The van der Waals surface area contributed by atoms with Gasteiger partial charge in [-0.1, -0.05) is 11.6 Å². The maximum absolute atomic E-state index is 12.2. The van der Waals surface area contributed by atoms with Crippen LogP contribution in [0.2, 0.25) is 5.02 Å². The first kappa shape index (κ1) is 10.8. The van der Waals surface area contributed by atoms with Gasteiger partial charge in [-0.25, -0.2) is 4.98 Å². The first-order valence-corrected chi connectivity index (χ1v) is 3.76. The number of hydrogen-bond acceptors (Lipinski definition) is 2. The van der Waals surface area contributed by atoms with E-state index in [9.17, 15) is 18.0 Å². The summed E-state index contributed by atoms with van der Waals surface area (Å²) in [6, 6.07) is 0.663. The molecule has 0 saturated heterocycles. The quantitative estimate of drug-likeness (QED) is 0.784. The molecule has 7 heteroatoms. The average Bonchev–Trinajstić information content (AvgIpc) is 2.07. The van der Waals surface area contributed by atoms with Crippen LogP contribution in [0.4, 0.5) is 19.0 Å². The number of carbonyl (C=O) groups is 1. The molecule has 0 aromatic carbocycles. The largest absolute Gasteiger partial charge is 0.418 e. The molecule has 0 saturated carbocycles. The Morgan fingerprint density at radius 3 is 2.64 bits per heavy atom. The zero-order valence-corrected chi connectivity index (χ0v) is 7.36. The van der Waals surface area contributed by atoms with E-state index in [0.717, 1.165) is 6.20 Å². The fourth-order valence-corrected chi connectivity index (χ4v) is 1.01. The van der Waals surface area contributed by atoms with Crippen LogP contribution in [0.3, 0.4) is 0 Å². The third kappa shape index (κ3) is 2.35. The topological polar surface area (TPSA) is 42.0 Å². The molecule has 0 spiro atoms. The van der Waals surface area contributed by atoms with Crippen molar-refractivity contribution >= 4 is 23.8 Å². The van der Waals surface area contributed by atoms with Gasteiger partial charge in [0.15, 0.2) is 0 Å². The van der Waals surface area contributed by atoms with Crippen molar-refractivity contribution < 1.29 is 18.0 Å². The summed E-state index contributed by atoms with van der Waals surface area (Å²) in [6.45, 7) is 0. The Balaban J connectivity index is 3.15. The highest BCUT2D eigenvalue weighted by atomic mass is 35.5. The van der Waals surface area contributed by atoms with Crippen LogP contribution in [0, 0.1) is 0 Å². The van der Waals surface area contributed by atoms with Crippen molar-refractivity contribution in [2.45, 2.75) is 6.18 Å². The number of hydrogen-bond donors (Lipinski definition) is 1. The molecule has 1 aromatic rings. The van der Waals surface area contributed by atoms with E-state index in [1.165, 1.54) is 0 Å². The predicted octanol–water partition coefficient (Wildman–Crippen LogP) is 2.32. The Bertz CT molecular complexity index is 353. The molecule has 14 heavy (non-hydrogen) atoms. The summed E-state index contributed by atoms with van der Waals surface area (Å²) in [5.74, 6) is -0.197. The van der Waals surface area contributed by atoms with Gasteiger partial charge in [0.2, 0.25) is 6.41 Å². The summed E-state index contributed by atoms with van der Waals surface area (Å²) in [6.07, 6.45) is -3.49. The Labute approximate surface area is 81.9 Å². The Hall–Kier alpha value is -1.30. The lowest BCUT2D eigenvalue weighted by molar-refractivity contribution is -0.137. The zero-order chi connectivity index (χ0) is 10.8. The summed E-state index contributed by atoms with van der Waals surface area (Å²) in [7, 11) is 0. The molecule has 0 fully saturated rings. The highest BCUT2D eigenvalue weighted by Crippen LogP contribution is 2.35. The monoisotopic (exact) mass is 224 g/mol. The molecular weight excluding hydrogens is 221 g/mol. The molecule has 0 aliphatic heterocycles. The predicted molar refractivity (Wildman–Crippen MR) is 43.9 cm³/mol. The van der Waals surface area contributed by atoms with E-state index < -0.39 is 16.8 Å². The number of amides is 1. The fraction of sp³-hybridized carbons (Fsp3) is 0.143. The maximum Gasteiger partial charge on any atom is 0.418 e. The Kier molecular flexibility index (Phi) is 2.95. The van der Waals surface area contributed by atoms with Crippen molar-refractivity contribution in [3.05, 3.63) is 22.8 Å². The maximum atomic E-state index is 12.2. The molecule has 1 N–H and O–H groups in total. The molecule has 0 atom stereocenters. The minimum Gasteiger partial charge on any atom is -0.313 e. The number of aromatic nitrogens is 1. The van der Waals surface area contributed by atoms with Crippen molar-refractivity contribution in [1.29, 1.82) is 0 Å². The van der Waals surface area contributed by atoms with Gasteiger partial charge in [0.1, 0.15) is 5.82 Å². The molecule has 0 bridgehead atoms. The fourth-order valence-electron chi connectivity index (χ4n) is 0.795. The van der Waals surface area contributed by atoms with Crippen molar-refractivity contribution in [2.75, 3.05) is 5.32 Å². The first-order valence-electron chi connectivity index (χ1n) is 3.38. The second-order valence-electron chi connectivity index (χ2n) is 2.31. The number of pyridine rings is 1. The molecule has 0 unspecified atom stereocenters. The van der Waals surface area contributed by atoms with Gasteiger partial charge >= 0.3 is 6.18 Å². The summed E-state index contributed by atoms with van der Waals surface area (Å²) in [5.41, 5.74) is -1.03. The third-order valence-corrected chi connectivity index (χ3v) is 1.67. The molecular formula is C7H4ClF3N2O. The first-order chi connectivity index (χ1) is 6.45. The van der Waals surface area contributed by atoms with Gasteiger partial charge in [-0.2, -0.15) is 13.2 Å². The molecule has 3 nitrogen and oxygen atoms in total. The Morgan fingerprint density at radius 2 is 2.14 bits per heavy atom. The standard InChI is InChI=1S/C7H4ClF3N2O/c8-5-2-12-6(13-3-14)1-4(5)7(9,10)11/h1-3H,(H,12,13,14). The van der Waals surface area contributed by atoms with E-state index in [2.05, 4.69) is 4.98 Å². The number of anilines is 1. The molecule has 0 radical (unpaired) electrons. The number of carbonyl (C=O) groups excluding carboxylic acids is 1. The van der Waals surface area contributed by atoms with Crippen LogP contribution in [0.25, 0.3) is 0 Å². The number of alkyl halides is 3. The van der Waals surface area contributed by atoms with Crippen LogP contribution in [0.5, 0.6) is 0 Å². The van der Waals surface area contributed by atoms with E-state index in [0.29, 0.717) is 6.07 Å². The van der Waals surface area contributed by atoms with Crippen LogP contribution in [-0.2, 0) is 11.0 Å². The number of halogens is 4. The minimum absolute atomic E-state index is 0.197. The molecule has 76 valence electrons. The van der Waals surface area contributed by atoms with E-state index in [-0.39, 0.29) is 12.2 Å². The lowest BCUT2D eigenvalue weighted by Crippen LogP contribution is -2.08. The summed E-state index contributed by atoms with van der Waals surface area (Å²) in [4.78, 5) is 13.4. The van der Waals surface area contributed by atoms with Crippen LogP contribution >= 0.6 is 11.6 Å². The number of rotatable bonds is 2. The van der Waals surface area contributed by atoms with Crippen molar-refractivity contribution in [3.63, 3.8) is 0 Å². The van der Waals surface area contributed by atoms with Crippen molar-refractivity contribution in [3.8, 4) is 0 Å². The number of nitrogens with zero attached hydrogens (tertiary/aromatic N) is 1. The number of nitrogens with one attached hydrogen (secondary N) is 1. The van der Waals surface area contributed by atoms with Gasteiger partial charge in [0.05, 0.1) is 10.6 Å². The summed E-state index contributed by atoms with van der Waals surface area (Å²) >= 11 is 5.28.